The largest absolute Gasteiger partial charge is 0.495 e. The van der Waals surface area contributed by atoms with Gasteiger partial charge in [-0.25, -0.2) is 13.1 Å². The first-order valence-corrected chi connectivity index (χ1v) is 12.0. The zero-order valence-corrected chi connectivity index (χ0v) is 18.3. The summed E-state index contributed by atoms with van der Waals surface area (Å²) in [6.45, 7) is 2.62. The summed E-state index contributed by atoms with van der Waals surface area (Å²) in [5.74, 6) is 0.0532. The van der Waals surface area contributed by atoms with E-state index in [1.807, 2.05) is 19.1 Å². The number of rotatable bonds is 5. The van der Waals surface area contributed by atoms with Gasteiger partial charge >= 0.3 is 0 Å². The van der Waals surface area contributed by atoms with E-state index in [-0.39, 0.29) is 22.6 Å². The number of aryl methyl sites for hydroxylation is 2. The Morgan fingerprint density at radius 1 is 1.13 bits per heavy atom. The molecule has 7 heteroatoms. The smallest absolute Gasteiger partial charge is 0.258 e. The molecular weight excluding hydrogens is 400 g/mol. The first-order valence-electron chi connectivity index (χ1n) is 10.5. The average molecular weight is 429 g/mol. The molecule has 2 aromatic carbocycles. The normalized spacial score (nSPS) is 17.1. The van der Waals surface area contributed by atoms with Gasteiger partial charge in [0.15, 0.2) is 0 Å². The van der Waals surface area contributed by atoms with Gasteiger partial charge in [0, 0.05) is 18.2 Å². The van der Waals surface area contributed by atoms with Gasteiger partial charge < -0.3 is 9.64 Å². The van der Waals surface area contributed by atoms with Crippen molar-refractivity contribution < 1.29 is 17.9 Å². The number of fused-ring (bicyclic) bond motifs is 1. The van der Waals surface area contributed by atoms with Crippen LogP contribution in [0.25, 0.3) is 0 Å². The topological polar surface area (TPSA) is 75.7 Å². The second kappa shape index (κ2) is 8.40. The Morgan fingerprint density at radius 2 is 1.90 bits per heavy atom. The van der Waals surface area contributed by atoms with E-state index in [1.54, 1.807) is 17.0 Å². The SMILES string of the molecule is COc1ccc(C(=O)N2CCCc3cccc(C)c32)cc1S(=O)(=O)NC1CCCC1. The maximum atomic E-state index is 13.4. The average Bonchev–Trinajstić information content (AvgIpc) is 3.25. The number of anilines is 1. The lowest BCUT2D eigenvalue weighted by Gasteiger charge is -2.31. The van der Waals surface area contributed by atoms with E-state index in [1.165, 1.54) is 13.2 Å². The molecule has 1 aliphatic carbocycles. The Morgan fingerprint density at radius 3 is 2.63 bits per heavy atom. The molecule has 4 rings (SSSR count). The maximum absolute atomic E-state index is 13.4. The Hall–Kier alpha value is -2.38. The first-order chi connectivity index (χ1) is 14.4. The highest BCUT2D eigenvalue weighted by molar-refractivity contribution is 7.89. The van der Waals surface area contributed by atoms with Crippen LogP contribution in [-0.4, -0.2) is 34.0 Å². The van der Waals surface area contributed by atoms with E-state index in [0.29, 0.717) is 12.1 Å². The van der Waals surface area contributed by atoms with E-state index in [2.05, 4.69) is 10.8 Å². The molecule has 1 N–H and O–H groups in total. The summed E-state index contributed by atoms with van der Waals surface area (Å²) in [5.41, 5.74) is 3.49. The number of hydrogen-bond donors (Lipinski definition) is 1. The Balaban J connectivity index is 1.69. The second-order valence-electron chi connectivity index (χ2n) is 8.11. The third-order valence-corrected chi connectivity index (χ3v) is 7.58. The molecule has 1 fully saturated rings. The van der Waals surface area contributed by atoms with Crippen LogP contribution >= 0.6 is 0 Å². The number of methoxy groups -OCH3 is 1. The molecule has 2 aromatic rings. The summed E-state index contributed by atoms with van der Waals surface area (Å²) in [5, 5.41) is 0. The van der Waals surface area contributed by atoms with E-state index < -0.39 is 10.0 Å². The first kappa shape index (κ1) is 20.9. The third-order valence-electron chi connectivity index (χ3n) is 6.04. The lowest BCUT2D eigenvalue weighted by molar-refractivity contribution is 0.0984. The molecule has 0 atom stereocenters. The van der Waals surface area contributed by atoms with Crippen molar-refractivity contribution >= 4 is 21.6 Å². The molecule has 1 saturated carbocycles. The van der Waals surface area contributed by atoms with Crippen LogP contribution in [0.4, 0.5) is 5.69 Å². The van der Waals surface area contributed by atoms with Gasteiger partial charge in [0.1, 0.15) is 10.6 Å². The number of benzene rings is 2. The standard InChI is InChI=1S/C23H28N2O4S/c1-16-7-5-8-17-9-6-14-25(22(16)17)23(26)18-12-13-20(29-2)21(15-18)30(27,28)24-19-10-3-4-11-19/h5,7-8,12-13,15,19,24H,3-4,6,9-11,14H2,1-2H3. The molecular formula is C23H28N2O4S. The predicted octanol–water partition coefficient (Wildman–Crippen LogP) is 3.82. The van der Waals surface area contributed by atoms with Crippen LogP contribution in [0.2, 0.25) is 0 Å². The molecule has 160 valence electrons. The summed E-state index contributed by atoms with van der Waals surface area (Å²) in [6, 6.07) is 10.7. The number of carbonyl (C=O) groups excluding carboxylic acids is 1. The van der Waals surface area contributed by atoms with Crippen molar-refractivity contribution in [3.63, 3.8) is 0 Å². The number of nitrogens with one attached hydrogen (secondary N) is 1. The monoisotopic (exact) mass is 428 g/mol. The predicted molar refractivity (Wildman–Crippen MR) is 117 cm³/mol. The van der Waals surface area contributed by atoms with Crippen LogP contribution < -0.4 is 14.4 Å². The van der Waals surface area contributed by atoms with Gasteiger partial charge in [-0.1, -0.05) is 31.0 Å². The fourth-order valence-corrected chi connectivity index (χ4v) is 6.05. The fourth-order valence-electron chi connectivity index (χ4n) is 4.55. The molecule has 6 nitrogen and oxygen atoms in total. The zero-order valence-electron chi connectivity index (χ0n) is 17.5. The fraction of sp³-hybridized carbons (Fsp3) is 0.435. The number of para-hydroxylation sites is 1. The van der Waals surface area contributed by atoms with Crippen molar-refractivity contribution in [1.82, 2.24) is 4.72 Å². The number of hydrogen-bond acceptors (Lipinski definition) is 4. The molecule has 1 heterocycles. The lowest BCUT2D eigenvalue weighted by Crippen LogP contribution is -2.36. The summed E-state index contributed by atoms with van der Waals surface area (Å²) >= 11 is 0. The molecule has 0 aromatic heterocycles. The summed E-state index contributed by atoms with van der Waals surface area (Å²) in [4.78, 5) is 15.2. The van der Waals surface area contributed by atoms with Gasteiger partial charge in [0.05, 0.1) is 12.8 Å². The van der Waals surface area contributed by atoms with Crippen molar-refractivity contribution in [1.29, 1.82) is 0 Å². The van der Waals surface area contributed by atoms with Crippen molar-refractivity contribution in [3.05, 3.63) is 53.1 Å². The van der Waals surface area contributed by atoms with Crippen LogP contribution in [0, 0.1) is 6.92 Å². The summed E-state index contributed by atoms with van der Waals surface area (Å²) in [7, 11) is -2.35. The second-order valence-corrected chi connectivity index (χ2v) is 9.79. The number of ether oxygens (including phenoxy) is 1. The number of sulfonamides is 1. The molecule has 0 unspecified atom stereocenters. The minimum Gasteiger partial charge on any atom is -0.495 e. The highest BCUT2D eigenvalue weighted by atomic mass is 32.2. The Labute approximate surface area is 178 Å². The van der Waals surface area contributed by atoms with E-state index in [4.69, 9.17) is 4.74 Å². The molecule has 0 spiro atoms. The molecule has 0 saturated heterocycles. The van der Waals surface area contributed by atoms with Crippen LogP contribution in [0.1, 0.15) is 53.6 Å². The van der Waals surface area contributed by atoms with Crippen LogP contribution in [0.5, 0.6) is 5.75 Å². The van der Waals surface area contributed by atoms with Crippen molar-refractivity contribution in [2.75, 3.05) is 18.6 Å². The maximum Gasteiger partial charge on any atom is 0.258 e. The number of nitrogens with zero attached hydrogens (tertiary/aromatic N) is 1. The minimum atomic E-state index is -3.79. The van der Waals surface area contributed by atoms with E-state index >= 15 is 0 Å². The van der Waals surface area contributed by atoms with Gasteiger partial charge in [0.2, 0.25) is 10.0 Å². The van der Waals surface area contributed by atoms with Crippen molar-refractivity contribution in [2.45, 2.75) is 56.4 Å². The Bertz CT molecular complexity index is 1060. The van der Waals surface area contributed by atoms with Gasteiger partial charge in [-0.05, 0) is 61.9 Å². The molecule has 1 aliphatic heterocycles. The van der Waals surface area contributed by atoms with Crippen LogP contribution in [0.3, 0.4) is 0 Å². The summed E-state index contributed by atoms with van der Waals surface area (Å²) < 4.78 is 34.2. The molecule has 1 amide bonds. The minimum absolute atomic E-state index is 0.0183. The molecule has 2 aliphatic rings. The van der Waals surface area contributed by atoms with E-state index in [0.717, 1.165) is 55.3 Å². The van der Waals surface area contributed by atoms with Gasteiger partial charge in [-0.2, -0.15) is 0 Å². The number of amides is 1. The van der Waals surface area contributed by atoms with E-state index in [9.17, 15) is 13.2 Å². The zero-order chi connectivity index (χ0) is 21.3. The number of carbonyl (C=O) groups is 1. The highest BCUT2D eigenvalue weighted by Crippen LogP contribution is 2.33. The van der Waals surface area contributed by atoms with Crippen molar-refractivity contribution in [2.24, 2.45) is 0 Å². The molecule has 0 bridgehead atoms. The lowest BCUT2D eigenvalue weighted by atomic mass is 9.97. The van der Waals surface area contributed by atoms with Crippen molar-refractivity contribution in [3.8, 4) is 5.75 Å². The Kier molecular flexibility index (Phi) is 5.84. The van der Waals surface area contributed by atoms with Crippen LogP contribution in [0.15, 0.2) is 41.3 Å². The van der Waals surface area contributed by atoms with Gasteiger partial charge in [-0.15, -0.1) is 0 Å². The summed E-state index contributed by atoms with van der Waals surface area (Å²) in [6.07, 6.45) is 5.54. The van der Waals surface area contributed by atoms with Gasteiger partial charge in [-0.3, -0.25) is 4.79 Å². The third kappa shape index (κ3) is 3.96. The highest BCUT2D eigenvalue weighted by Gasteiger charge is 2.29. The molecule has 30 heavy (non-hydrogen) atoms. The van der Waals surface area contributed by atoms with Gasteiger partial charge in [0.25, 0.3) is 5.91 Å². The van der Waals surface area contributed by atoms with Crippen LogP contribution in [-0.2, 0) is 16.4 Å². The molecule has 0 radical (unpaired) electrons. The quantitative estimate of drug-likeness (QED) is 0.786.